The summed E-state index contributed by atoms with van der Waals surface area (Å²) in [6.45, 7) is 3.45. The fraction of sp³-hybridized carbons (Fsp3) is 0.400. The molecule has 9 heavy (non-hydrogen) atoms. The first kappa shape index (κ1) is 8.52. The number of primary amides is 1. The summed E-state index contributed by atoms with van der Waals surface area (Å²) < 4.78 is 0. The Morgan fingerprint density at radius 1 is 1.89 bits per heavy atom. The van der Waals surface area contributed by atoms with Crippen LogP contribution in [-0.4, -0.2) is 17.7 Å². The van der Waals surface area contributed by atoms with E-state index in [1.165, 1.54) is 11.8 Å². The van der Waals surface area contributed by atoms with Gasteiger partial charge < -0.3 is 11.5 Å². The summed E-state index contributed by atoms with van der Waals surface area (Å²) in [7, 11) is 0. The molecule has 0 aliphatic heterocycles. The van der Waals surface area contributed by atoms with Crippen LogP contribution in [0.2, 0.25) is 0 Å². The Morgan fingerprint density at radius 3 is 2.78 bits per heavy atom. The van der Waals surface area contributed by atoms with E-state index in [9.17, 15) is 4.79 Å². The van der Waals surface area contributed by atoms with E-state index in [2.05, 4.69) is 6.58 Å². The fourth-order valence-electron chi connectivity index (χ4n) is 0.254. The van der Waals surface area contributed by atoms with Crippen molar-refractivity contribution in [3.63, 3.8) is 0 Å². The molecule has 0 spiro atoms. The van der Waals surface area contributed by atoms with Crippen LogP contribution in [0.4, 0.5) is 0 Å². The summed E-state index contributed by atoms with van der Waals surface area (Å²) in [5.41, 5.74) is 10.1. The minimum Gasteiger partial charge on any atom is -0.368 e. The van der Waals surface area contributed by atoms with Gasteiger partial charge in [0.15, 0.2) is 0 Å². The Morgan fingerprint density at radius 2 is 2.44 bits per heavy atom. The highest BCUT2D eigenvalue weighted by Crippen LogP contribution is 2.00. The highest BCUT2D eigenvalue weighted by Gasteiger charge is 2.06. The van der Waals surface area contributed by atoms with Crippen molar-refractivity contribution in [1.82, 2.24) is 0 Å². The van der Waals surface area contributed by atoms with E-state index in [0.717, 1.165) is 0 Å². The fourth-order valence-corrected chi connectivity index (χ4v) is 0.762. The van der Waals surface area contributed by atoms with Crippen molar-refractivity contribution in [2.45, 2.75) is 6.04 Å². The van der Waals surface area contributed by atoms with Crippen LogP contribution in [-0.2, 0) is 4.79 Å². The topological polar surface area (TPSA) is 69.1 Å². The van der Waals surface area contributed by atoms with Crippen molar-refractivity contribution < 1.29 is 4.79 Å². The second-order valence-corrected chi connectivity index (χ2v) is 2.51. The molecule has 3 nitrogen and oxygen atoms in total. The van der Waals surface area contributed by atoms with Gasteiger partial charge in [-0.3, -0.25) is 4.79 Å². The first-order valence-corrected chi connectivity index (χ1v) is 3.50. The van der Waals surface area contributed by atoms with E-state index < -0.39 is 11.9 Å². The van der Waals surface area contributed by atoms with Gasteiger partial charge in [0.05, 0.1) is 6.04 Å². The molecule has 4 N–H and O–H groups in total. The number of carbonyl (C=O) groups is 1. The van der Waals surface area contributed by atoms with Gasteiger partial charge in [0.2, 0.25) is 5.91 Å². The maximum absolute atomic E-state index is 10.3. The quantitative estimate of drug-likeness (QED) is 0.571. The largest absolute Gasteiger partial charge is 0.368 e. The van der Waals surface area contributed by atoms with E-state index in [4.69, 9.17) is 11.5 Å². The lowest BCUT2D eigenvalue weighted by Gasteiger charge is -2.02. The molecule has 0 saturated heterocycles. The second kappa shape index (κ2) is 4.40. The highest BCUT2D eigenvalue weighted by atomic mass is 32.2. The number of carbonyl (C=O) groups excluding carboxylic acids is 1. The summed E-state index contributed by atoms with van der Waals surface area (Å²) in [6, 6.07) is -0.548. The average Bonchev–Trinajstić information content (AvgIpc) is 1.82. The van der Waals surface area contributed by atoms with Crippen LogP contribution in [0.3, 0.4) is 0 Å². The Hall–Kier alpha value is -0.480. The van der Waals surface area contributed by atoms with Gasteiger partial charge in [0.1, 0.15) is 0 Å². The molecule has 0 aliphatic carbocycles. The van der Waals surface area contributed by atoms with Gasteiger partial charge in [-0.2, -0.15) is 0 Å². The SMILES string of the molecule is C=CSC[C@@H](N)C(N)=O. The average molecular weight is 146 g/mol. The van der Waals surface area contributed by atoms with E-state index in [1.807, 2.05) is 0 Å². The smallest absolute Gasteiger partial charge is 0.235 e. The van der Waals surface area contributed by atoms with Gasteiger partial charge in [-0.15, -0.1) is 11.8 Å². The van der Waals surface area contributed by atoms with E-state index in [0.29, 0.717) is 5.75 Å². The number of hydrogen-bond acceptors (Lipinski definition) is 3. The summed E-state index contributed by atoms with van der Waals surface area (Å²) in [6.07, 6.45) is 0. The summed E-state index contributed by atoms with van der Waals surface area (Å²) >= 11 is 1.38. The standard InChI is InChI=1S/C5H10N2OS/c1-2-9-3-4(6)5(7)8/h2,4H,1,3,6H2,(H2,7,8)/t4-/m1/s1. The predicted octanol–water partition coefficient (Wildman–Crippen LogP) is -0.324. The van der Waals surface area contributed by atoms with E-state index in [-0.39, 0.29) is 0 Å². The molecule has 0 unspecified atom stereocenters. The number of nitrogens with two attached hydrogens (primary N) is 2. The zero-order valence-electron chi connectivity index (χ0n) is 5.04. The molecular weight excluding hydrogens is 136 g/mol. The molecule has 0 aromatic rings. The molecule has 0 heterocycles. The molecule has 0 aliphatic rings. The number of amides is 1. The zero-order valence-corrected chi connectivity index (χ0v) is 5.86. The van der Waals surface area contributed by atoms with Crippen LogP contribution in [0.1, 0.15) is 0 Å². The number of rotatable bonds is 4. The van der Waals surface area contributed by atoms with Crippen LogP contribution in [0.25, 0.3) is 0 Å². The Kier molecular flexibility index (Phi) is 4.17. The lowest BCUT2D eigenvalue weighted by Crippen LogP contribution is -2.38. The van der Waals surface area contributed by atoms with Gasteiger partial charge in [-0.1, -0.05) is 6.58 Å². The maximum atomic E-state index is 10.3. The monoisotopic (exact) mass is 146 g/mol. The summed E-state index contributed by atoms with van der Waals surface area (Å²) in [5, 5.41) is 1.63. The first-order valence-electron chi connectivity index (χ1n) is 2.46. The lowest BCUT2D eigenvalue weighted by molar-refractivity contribution is -0.118. The zero-order chi connectivity index (χ0) is 7.28. The van der Waals surface area contributed by atoms with Gasteiger partial charge >= 0.3 is 0 Å². The molecule has 1 amide bonds. The Balaban J connectivity index is 3.37. The predicted molar refractivity (Wildman–Crippen MR) is 39.8 cm³/mol. The van der Waals surface area contributed by atoms with Crippen LogP contribution >= 0.6 is 11.8 Å². The molecule has 0 bridgehead atoms. The van der Waals surface area contributed by atoms with Crippen molar-refractivity contribution in [2.24, 2.45) is 11.5 Å². The maximum Gasteiger partial charge on any atom is 0.235 e. The van der Waals surface area contributed by atoms with Gasteiger partial charge in [-0.05, 0) is 5.41 Å². The number of hydrogen-bond donors (Lipinski definition) is 2. The Labute approximate surface area is 58.5 Å². The molecule has 4 heteroatoms. The number of thioether (sulfide) groups is 1. The first-order chi connectivity index (χ1) is 4.18. The molecule has 52 valence electrons. The molecule has 0 saturated carbocycles. The van der Waals surface area contributed by atoms with Crippen molar-refractivity contribution in [3.8, 4) is 0 Å². The van der Waals surface area contributed by atoms with Crippen molar-refractivity contribution >= 4 is 17.7 Å². The summed E-state index contributed by atoms with van der Waals surface area (Å²) in [5.74, 6) is 0.0445. The minimum absolute atomic E-state index is 0.468. The molecule has 0 rings (SSSR count). The summed E-state index contributed by atoms with van der Waals surface area (Å²) in [4.78, 5) is 10.3. The van der Waals surface area contributed by atoms with Crippen LogP contribution in [0, 0.1) is 0 Å². The minimum atomic E-state index is -0.548. The second-order valence-electron chi connectivity index (χ2n) is 1.51. The van der Waals surface area contributed by atoms with Crippen LogP contribution in [0.15, 0.2) is 12.0 Å². The van der Waals surface area contributed by atoms with Gasteiger partial charge in [0, 0.05) is 5.75 Å². The van der Waals surface area contributed by atoms with Crippen LogP contribution in [0.5, 0.6) is 0 Å². The van der Waals surface area contributed by atoms with Crippen molar-refractivity contribution in [1.29, 1.82) is 0 Å². The van der Waals surface area contributed by atoms with Crippen LogP contribution < -0.4 is 11.5 Å². The normalized spacial score (nSPS) is 12.6. The molecule has 0 aromatic heterocycles. The van der Waals surface area contributed by atoms with E-state index in [1.54, 1.807) is 5.41 Å². The Bertz CT molecular complexity index is 116. The lowest BCUT2D eigenvalue weighted by atomic mass is 10.3. The third-order valence-corrected chi connectivity index (χ3v) is 1.55. The molecule has 1 atom stereocenters. The highest BCUT2D eigenvalue weighted by molar-refractivity contribution is 8.02. The van der Waals surface area contributed by atoms with E-state index >= 15 is 0 Å². The third-order valence-electron chi connectivity index (χ3n) is 0.759. The molecule has 0 aromatic carbocycles. The van der Waals surface area contributed by atoms with Crippen molar-refractivity contribution in [2.75, 3.05) is 5.75 Å². The van der Waals surface area contributed by atoms with Crippen molar-refractivity contribution in [3.05, 3.63) is 12.0 Å². The molecule has 0 fully saturated rings. The molecule has 0 radical (unpaired) electrons. The van der Waals surface area contributed by atoms with Gasteiger partial charge in [-0.25, -0.2) is 0 Å². The van der Waals surface area contributed by atoms with Gasteiger partial charge in [0.25, 0.3) is 0 Å². The molecular formula is C5H10N2OS. The third kappa shape index (κ3) is 4.05.